The average molecular weight is 297 g/mol. The van der Waals surface area contributed by atoms with Gasteiger partial charge in [0.25, 0.3) is 0 Å². The van der Waals surface area contributed by atoms with E-state index in [9.17, 15) is 0 Å². The number of pyridine rings is 1. The number of nitrogens with zero attached hydrogens (tertiary/aromatic N) is 2. The summed E-state index contributed by atoms with van der Waals surface area (Å²) in [4.78, 5) is 6.80. The Morgan fingerprint density at radius 1 is 1.53 bits per heavy atom. The monoisotopic (exact) mass is 296 g/mol. The number of hydrogen-bond acceptors (Lipinski definition) is 3. The first kappa shape index (κ1) is 12.6. The van der Waals surface area contributed by atoms with E-state index >= 15 is 0 Å². The molecule has 2 rings (SSSR count). The highest BCUT2D eigenvalue weighted by Gasteiger charge is 2.14. The second-order valence-corrected chi connectivity index (χ2v) is 5.20. The van der Waals surface area contributed by atoms with Crippen molar-refractivity contribution in [3.05, 3.63) is 33.9 Å². The van der Waals surface area contributed by atoms with Crippen LogP contribution in [0.1, 0.15) is 12.0 Å². The van der Waals surface area contributed by atoms with Crippen molar-refractivity contribution in [2.75, 3.05) is 31.7 Å². The largest absolute Gasteiger partial charge is 0.380 e. The zero-order valence-electron chi connectivity index (χ0n) is 10.2. The van der Waals surface area contributed by atoms with Gasteiger partial charge in [-0.05, 0) is 46.5 Å². The smallest absolute Gasteiger partial charge is 0.131 e. The van der Waals surface area contributed by atoms with Gasteiger partial charge in [-0.15, -0.1) is 0 Å². The number of methoxy groups -OCH3 is 1. The third kappa shape index (κ3) is 3.07. The first-order chi connectivity index (χ1) is 8.20. The molecule has 0 unspecified atom stereocenters. The molecule has 1 aromatic rings. The Morgan fingerprint density at radius 2 is 2.35 bits per heavy atom. The normalized spacial score (nSPS) is 15.9. The molecule has 17 heavy (non-hydrogen) atoms. The molecule has 0 spiro atoms. The third-order valence-corrected chi connectivity index (χ3v) is 3.38. The van der Waals surface area contributed by atoms with Crippen LogP contribution in [0, 0.1) is 6.92 Å². The van der Waals surface area contributed by atoms with Gasteiger partial charge in [-0.3, -0.25) is 0 Å². The first-order valence-corrected chi connectivity index (χ1v) is 6.54. The van der Waals surface area contributed by atoms with Gasteiger partial charge in [0.1, 0.15) is 5.82 Å². The molecule has 0 bridgehead atoms. The van der Waals surface area contributed by atoms with Crippen molar-refractivity contribution in [1.29, 1.82) is 0 Å². The molecule has 0 fully saturated rings. The summed E-state index contributed by atoms with van der Waals surface area (Å²) >= 11 is 3.44. The summed E-state index contributed by atoms with van der Waals surface area (Å²) in [5.41, 5.74) is 2.60. The van der Waals surface area contributed by atoms with Crippen LogP contribution in [0.15, 0.2) is 28.4 Å². The number of halogens is 1. The van der Waals surface area contributed by atoms with Gasteiger partial charge in [0.05, 0.1) is 6.61 Å². The van der Waals surface area contributed by atoms with Crippen molar-refractivity contribution in [2.24, 2.45) is 0 Å². The Morgan fingerprint density at radius 3 is 2.94 bits per heavy atom. The lowest BCUT2D eigenvalue weighted by atomic mass is 10.1. The molecular formula is C13H17BrN2O. The van der Waals surface area contributed by atoms with Crippen LogP contribution in [0.3, 0.4) is 0 Å². The summed E-state index contributed by atoms with van der Waals surface area (Å²) in [5.74, 6) is 1.08. The minimum absolute atomic E-state index is 0.751. The number of anilines is 1. The molecule has 3 nitrogen and oxygen atoms in total. The molecule has 0 saturated heterocycles. The lowest BCUT2D eigenvalue weighted by Gasteiger charge is -2.28. The highest BCUT2D eigenvalue weighted by Crippen LogP contribution is 2.23. The zero-order valence-corrected chi connectivity index (χ0v) is 11.8. The van der Waals surface area contributed by atoms with Crippen molar-refractivity contribution >= 4 is 21.7 Å². The molecule has 4 heteroatoms. The minimum atomic E-state index is 0.751. The van der Waals surface area contributed by atoms with Gasteiger partial charge >= 0.3 is 0 Å². The summed E-state index contributed by atoms with van der Waals surface area (Å²) in [5, 5.41) is 0. The van der Waals surface area contributed by atoms with Crippen molar-refractivity contribution in [1.82, 2.24) is 4.98 Å². The van der Waals surface area contributed by atoms with Gasteiger partial charge in [0.15, 0.2) is 0 Å². The third-order valence-electron chi connectivity index (χ3n) is 2.95. The molecule has 1 aliphatic rings. The van der Waals surface area contributed by atoms with Gasteiger partial charge in [-0.2, -0.15) is 0 Å². The van der Waals surface area contributed by atoms with Gasteiger partial charge in [-0.25, -0.2) is 4.98 Å². The van der Waals surface area contributed by atoms with Crippen molar-refractivity contribution in [2.45, 2.75) is 13.3 Å². The van der Waals surface area contributed by atoms with E-state index in [2.05, 4.69) is 44.9 Å². The van der Waals surface area contributed by atoms with E-state index in [1.54, 1.807) is 7.11 Å². The van der Waals surface area contributed by atoms with E-state index in [1.165, 1.54) is 11.1 Å². The van der Waals surface area contributed by atoms with Crippen LogP contribution in [-0.2, 0) is 4.74 Å². The van der Waals surface area contributed by atoms with Gasteiger partial charge in [0.2, 0.25) is 0 Å². The van der Waals surface area contributed by atoms with Crippen molar-refractivity contribution in [3.8, 4) is 0 Å². The van der Waals surface area contributed by atoms with E-state index in [1.807, 2.05) is 6.20 Å². The number of aryl methyl sites for hydroxylation is 1. The SMILES string of the molecule is COCC1=CCN(c2ncc(Br)cc2C)CC1. The predicted octanol–water partition coefficient (Wildman–Crippen LogP) is 2.94. The van der Waals surface area contributed by atoms with Crippen LogP contribution in [0.2, 0.25) is 0 Å². The molecule has 0 atom stereocenters. The summed E-state index contributed by atoms with van der Waals surface area (Å²) in [6, 6.07) is 2.11. The van der Waals surface area contributed by atoms with Crippen LogP contribution < -0.4 is 4.90 Å². The lowest BCUT2D eigenvalue weighted by molar-refractivity contribution is 0.222. The van der Waals surface area contributed by atoms with E-state index in [0.29, 0.717) is 0 Å². The van der Waals surface area contributed by atoms with Crippen LogP contribution in [0.25, 0.3) is 0 Å². The topological polar surface area (TPSA) is 25.4 Å². The minimum Gasteiger partial charge on any atom is -0.380 e. The Bertz CT molecular complexity index is 431. The van der Waals surface area contributed by atoms with E-state index < -0.39 is 0 Å². The van der Waals surface area contributed by atoms with Crippen LogP contribution in [0.5, 0.6) is 0 Å². The summed E-state index contributed by atoms with van der Waals surface area (Å²) in [7, 11) is 1.74. The average Bonchev–Trinajstić information content (AvgIpc) is 2.31. The number of aromatic nitrogens is 1. The molecule has 0 aliphatic carbocycles. The fourth-order valence-electron chi connectivity index (χ4n) is 2.08. The van der Waals surface area contributed by atoms with Crippen LogP contribution in [-0.4, -0.2) is 31.8 Å². The summed E-state index contributed by atoms with van der Waals surface area (Å²) in [6.07, 6.45) is 5.16. The van der Waals surface area contributed by atoms with Crippen LogP contribution in [0.4, 0.5) is 5.82 Å². The highest BCUT2D eigenvalue weighted by molar-refractivity contribution is 9.10. The molecule has 1 aromatic heterocycles. The maximum absolute atomic E-state index is 5.15. The molecule has 2 heterocycles. The number of ether oxygens (including phenoxy) is 1. The summed E-state index contributed by atoms with van der Waals surface area (Å²) in [6.45, 7) is 4.79. The maximum Gasteiger partial charge on any atom is 0.131 e. The molecule has 0 saturated carbocycles. The predicted molar refractivity (Wildman–Crippen MR) is 73.5 cm³/mol. The first-order valence-electron chi connectivity index (χ1n) is 5.74. The Balaban J connectivity index is 2.10. The zero-order chi connectivity index (χ0) is 12.3. The number of hydrogen-bond donors (Lipinski definition) is 0. The van der Waals surface area contributed by atoms with E-state index in [-0.39, 0.29) is 0 Å². The fraction of sp³-hybridized carbons (Fsp3) is 0.462. The van der Waals surface area contributed by atoms with Gasteiger partial charge in [-0.1, -0.05) is 6.08 Å². The lowest BCUT2D eigenvalue weighted by Crippen LogP contribution is -2.30. The second kappa shape index (κ2) is 5.65. The highest BCUT2D eigenvalue weighted by atomic mass is 79.9. The van der Waals surface area contributed by atoms with E-state index in [4.69, 9.17) is 4.74 Å². The standard InChI is InChI=1S/C13H17BrN2O/c1-10-7-12(14)8-15-13(10)16-5-3-11(4-6-16)9-17-2/h3,7-8H,4-6,9H2,1-2H3. The second-order valence-electron chi connectivity index (χ2n) is 4.29. The number of rotatable bonds is 3. The summed E-state index contributed by atoms with van der Waals surface area (Å²) < 4.78 is 6.19. The molecule has 0 radical (unpaired) electrons. The quantitative estimate of drug-likeness (QED) is 0.802. The molecule has 0 N–H and O–H groups in total. The Kier molecular flexibility index (Phi) is 4.18. The fourth-order valence-corrected chi connectivity index (χ4v) is 2.53. The van der Waals surface area contributed by atoms with Crippen molar-refractivity contribution in [3.63, 3.8) is 0 Å². The Hall–Kier alpha value is -0.870. The van der Waals surface area contributed by atoms with Crippen LogP contribution >= 0.6 is 15.9 Å². The maximum atomic E-state index is 5.15. The molecule has 0 amide bonds. The molecule has 1 aliphatic heterocycles. The molecular weight excluding hydrogens is 280 g/mol. The van der Waals surface area contributed by atoms with Gasteiger partial charge < -0.3 is 9.64 Å². The molecule has 0 aromatic carbocycles. The van der Waals surface area contributed by atoms with Gasteiger partial charge in [0, 0.05) is 30.9 Å². The van der Waals surface area contributed by atoms with Crippen molar-refractivity contribution < 1.29 is 4.74 Å². The molecule has 92 valence electrons. The Labute approximate surface area is 111 Å². The van der Waals surface area contributed by atoms with E-state index in [0.717, 1.165) is 36.4 Å².